The maximum absolute atomic E-state index is 10.9. The third-order valence-electron chi connectivity index (χ3n) is 6.10. The molecular weight excluding hydrogens is 547 g/mol. The van der Waals surface area contributed by atoms with Gasteiger partial charge in [-0.1, -0.05) is 23.2 Å². The Morgan fingerprint density at radius 1 is 0.872 bits per heavy atom. The molecule has 6 rings (SSSR count). The van der Waals surface area contributed by atoms with E-state index in [0.717, 1.165) is 61.0 Å². The first-order valence-electron chi connectivity index (χ1n) is 12.1. The van der Waals surface area contributed by atoms with Gasteiger partial charge in [0.05, 0.1) is 10.0 Å². The Kier molecular flexibility index (Phi) is 7.95. The van der Waals surface area contributed by atoms with Crippen molar-refractivity contribution in [3.63, 3.8) is 0 Å². The fourth-order valence-corrected chi connectivity index (χ4v) is 4.87. The number of aryl methyl sites for hydroxylation is 2. The molecule has 1 amide bonds. The van der Waals surface area contributed by atoms with Crippen LogP contribution in [0.1, 0.15) is 63.3 Å². The maximum atomic E-state index is 10.9. The number of nitriles is 1. The van der Waals surface area contributed by atoms with Crippen LogP contribution in [0.3, 0.4) is 0 Å². The van der Waals surface area contributed by atoms with Crippen LogP contribution in [0.15, 0.2) is 33.5 Å². The van der Waals surface area contributed by atoms with Crippen LogP contribution >= 0.6 is 23.2 Å². The first-order chi connectivity index (χ1) is 18.9. The van der Waals surface area contributed by atoms with Crippen molar-refractivity contribution < 1.29 is 23.1 Å². The molecule has 0 saturated heterocycles. The third kappa shape index (κ3) is 6.30. The van der Waals surface area contributed by atoms with E-state index in [1.54, 1.807) is 12.1 Å². The zero-order valence-corrected chi connectivity index (χ0v) is 22.1. The number of hydrogen-bond donors (Lipinski definition) is 1. The highest BCUT2D eigenvalue weighted by Gasteiger charge is 2.19. The number of carbonyl (C=O) groups is 1. The molecule has 0 saturated carbocycles. The highest BCUT2D eigenvalue weighted by atomic mass is 35.5. The molecule has 39 heavy (non-hydrogen) atoms. The first kappa shape index (κ1) is 26.5. The molecule has 0 aliphatic heterocycles. The second kappa shape index (κ2) is 11.7. The van der Waals surface area contributed by atoms with Crippen molar-refractivity contribution >= 4 is 29.1 Å². The molecule has 0 bridgehead atoms. The van der Waals surface area contributed by atoms with E-state index in [0.29, 0.717) is 27.7 Å². The second-order valence-corrected chi connectivity index (χ2v) is 9.56. The van der Waals surface area contributed by atoms with Crippen molar-refractivity contribution in [3.8, 4) is 17.8 Å². The lowest BCUT2D eigenvalue weighted by Gasteiger charge is -2.07. The van der Waals surface area contributed by atoms with Gasteiger partial charge in [-0.3, -0.25) is 4.79 Å². The van der Waals surface area contributed by atoms with Crippen molar-refractivity contribution in [2.45, 2.75) is 51.7 Å². The molecule has 0 fully saturated rings. The number of aromatic nitrogens is 4. The van der Waals surface area contributed by atoms with E-state index in [9.17, 15) is 4.79 Å². The van der Waals surface area contributed by atoms with Gasteiger partial charge in [0.15, 0.2) is 24.6 Å². The van der Waals surface area contributed by atoms with Crippen molar-refractivity contribution in [1.29, 1.82) is 5.26 Å². The fourth-order valence-electron chi connectivity index (χ4n) is 4.28. The maximum Gasteiger partial charge on any atom is 0.270 e. The molecule has 0 aromatic carbocycles. The summed E-state index contributed by atoms with van der Waals surface area (Å²) >= 11 is 12.4. The van der Waals surface area contributed by atoms with Crippen LogP contribution in [-0.4, -0.2) is 25.8 Å². The molecule has 0 atom stereocenters. The van der Waals surface area contributed by atoms with E-state index in [-0.39, 0.29) is 30.5 Å². The first-order valence-corrected chi connectivity index (χ1v) is 12.9. The van der Waals surface area contributed by atoms with Gasteiger partial charge in [-0.05, 0) is 49.7 Å². The van der Waals surface area contributed by atoms with Gasteiger partial charge in [-0.15, -0.1) is 0 Å². The number of amides is 1. The Balaban J connectivity index is 0.000000158. The highest BCUT2D eigenvalue weighted by molar-refractivity contribution is 6.31. The number of carbonyl (C=O) groups excluding carboxylic acids is 1. The lowest BCUT2D eigenvalue weighted by atomic mass is 10.2. The van der Waals surface area contributed by atoms with E-state index >= 15 is 0 Å². The van der Waals surface area contributed by atoms with E-state index < -0.39 is 5.91 Å². The molecule has 2 aliphatic carbocycles. The van der Waals surface area contributed by atoms with Gasteiger partial charge in [0.2, 0.25) is 23.5 Å². The Hall–Kier alpha value is -4.14. The molecule has 2 N–H and O–H groups in total. The Labute approximate surface area is 232 Å². The van der Waals surface area contributed by atoms with Crippen LogP contribution < -0.4 is 15.2 Å². The van der Waals surface area contributed by atoms with Crippen molar-refractivity contribution in [3.05, 3.63) is 80.4 Å². The number of oxazole rings is 2. The minimum atomic E-state index is -0.640. The van der Waals surface area contributed by atoms with Crippen molar-refractivity contribution in [2.24, 2.45) is 5.73 Å². The lowest BCUT2D eigenvalue weighted by Crippen LogP contribution is -2.11. The lowest BCUT2D eigenvalue weighted by molar-refractivity contribution is 0.0995. The number of hydrogen-bond acceptors (Lipinski definition) is 10. The summed E-state index contributed by atoms with van der Waals surface area (Å²) in [5.41, 5.74) is 9.61. The number of pyridine rings is 2. The summed E-state index contributed by atoms with van der Waals surface area (Å²) in [5.74, 6) is 0.850. The Morgan fingerprint density at radius 2 is 1.41 bits per heavy atom. The van der Waals surface area contributed by atoms with Gasteiger partial charge < -0.3 is 24.0 Å². The summed E-state index contributed by atoms with van der Waals surface area (Å²) in [6, 6.07) is 5.28. The Morgan fingerprint density at radius 3 is 1.90 bits per heavy atom. The van der Waals surface area contributed by atoms with Crippen LogP contribution in [0.5, 0.6) is 11.8 Å². The molecular formula is C26H22Cl2N6O5. The van der Waals surface area contributed by atoms with Gasteiger partial charge in [0.1, 0.15) is 18.6 Å². The normalized spacial score (nSPS) is 13.2. The molecule has 4 aromatic rings. The van der Waals surface area contributed by atoms with Crippen LogP contribution in [0.4, 0.5) is 0 Å². The number of halogens is 2. The summed E-state index contributed by atoms with van der Waals surface area (Å²) in [6.07, 6.45) is 8.42. The van der Waals surface area contributed by atoms with E-state index in [1.807, 2.05) is 6.07 Å². The number of nitrogens with zero attached hydrogens (tertiary/aromatic N) is 5. The van der Waals surface area contributed by atoms with Gasteiger partial charge in [0, 0.05) is 23.5 Å². The fraction of sp³-hybridized carbons (Fsp3) is 0.308. The minimum absolute atomic E-state index is 0.0649. The summed E-state index contributed by atoms with van der Waals surface area (Å²) in [4.78, 5) is 27.5. The standard InChI is InChI=1S/C13H12ClN3O3.C13H10ClN3O2/c14-8-4-11(16-9-3-1-2-7(8)9)20-6-12-17-10(5-19-12)13(15)18;14-10-4-12(17-11-3-1-2-9(10)11)19-7-13-16-8(5-15)6-18-13/h4-5H,1-3,6H2,(H2,15,18);4,6H,1-3,7H2. The highest BCUT2D eigenvalue weighted by Crippen LogP contribution is 2.31. The summed E-state index contributed by atoms with van der Waals surface area (Å²) in [6.45, 7) is 0.194. The smallest absolute Gasteiger partial charge is 0.270 e. The topological polar surface area (TPSA) is 163 Å². The van der Waals surface area contributed by atoms with Gasteiger partial charge in [-0.2, -0.15) is 10.2 Å². The number of primary amides is 1. The predicted octanol–water partition coefficient (Wildman–Crippen LogP) is 4.55. The summed E-state index contributed by atoms with van der Waals surface area (Å²) in [5, 5.41) is 10.0. The number of nitrogens with two attached hydrogens (primary N) is 1. The predicted molar refractivity (Wildman–Crippen MR) is 137 cm³/mol. The molecule has 0 spiro atoms. The number of ether oxygens (including phenoxy) is 2. The molecule has 4 heterocycles. The molecule has 4 aromatic heterocycles. The molecule has 13 heteroatoms. The van der Waals surface area contributed by atoms with Crippen molar-refractivity contribution in [1.82, 2.24) is 19.9 Å². The minimum Gasteiger partial charge on any atom is -0.468 e. The molecule has 200 valence electrons. The largest absolute Gasteiger partial charge is 0.468 e. The SMILES string of the molecule is N#Cc1coc(COc2cc(Cl)c3c(n2)CCC3)n1.NC(=O)c1coc(COc2cc(Cl)c3c(n2)CCC3)n1. The Bertz CT molecular complexity index is 1560. The number of fused-ring (bicyclic) bond motifs is 2. The van der Waals surface area contributed by atoms with Crippen LogP contribution in [-0.2, 0) is 38.9 Å². The van der Waals surface area contributed by atoms with Crippen molar-refractivity contribution in [2.75, 3.05) is 0 Å². The zero-order valence-electron chi connectivity index (χ0n) is 20.6. The third-order valence-corrected chi connectivity index (χ3v) is 6.78. The summed E-state index contributed by atoms with van der Waals surface area (Å²) < 4.78 is 21.1. The van der Waals surface area contributed by atoms with Crippen LogP contribution in [0, 0.1) is 11.3 Å². The monoisotopic (exact) mass is 568 g/mol. The average Bonchev–Trinajstić information content (AvgIpc) is 3.72. The van der Waals surface area contributed by atoms with Crippen LogP contribution in [0.25, 0.3) is 0 Å². The van der Waals surface area contributed by atoms with Gasteiger partial charge in [-0.25, -0.2) is 15.0 Å². The zero-order chi connectivity index (χ0) is 27.4. The van der Waals surface area contributed by atoms with E-state index in [2.05, 4.69) is 19.9 Å². The van der Waals surface area contributed by atoms with E-state index in [1.165, 1.54) is 12.5 Å². The molecule has 2 aliphatic rings. The van der Waals surface area contributed by atoms with Crippen LogP contribution in [0.2, 0.25) is 10.0 Å². The summed E-state index contributed by atoms with van der Waals surface area (Å²) in [7, 11) is 0. The molecule has 0 radical (unpaired) electrons. The van der Waals surface area contributed by atoms with Gasteiger partial charge in [0.25, 0.3) is 5.91 Å². The second-order valence-electron chi connectivity index (χ2n) is 8.75. The average molecular weight is 569 g/mol. The van der Waals surface area contributed by atoms with Gasteiger partial charge >= 0.3 is 0 Å². The quantitative estimate of drug-likeness (QED) is 0.334. The molecule has 11 nitrogen and oxygen atoms in total. The van der Waals surface area contributed by atoms with E-state index in [4.69, 9.17) is 52.5 Å². The number of rotatable bonds is 7. The molecule has 0 unspecified atom stereocenters.